The number of rotatable bonds is 4. The van der Waals surface area contributed by atoms with Gasteiger partial charge in [-0.1, -0.05) is 12.1 Å². The van der Waals surface area contributed by atoms with E-state index >= 15 is 0 Å². The lowest BCUT2D eigenvalue weighted by Gasteiger charge is -2.64. The monoisotopic (exact) mass is 530 g/mol. The summed E-state index contributed by atoms with van der Waals surface area (Å²) < 4.78 is 7.93. The van der Waals surface area contributed by atoms with Crippen molar-refractivity contribution in [3.63, 3.8) is 0 Å². The van der Waals surface area contributed by atoms with Crippen molar-refractivity contribution in [1.82, 2.24) is 4.90 Å². The Kier molecular flexibility index (Phi) is 4.74. The molecule has 198 valence electrons. The second kappa shape index (κ2) is 7.74. The summed E-state index contributed by atoms with van der Waals surface area (Å²) >= 11 is 1.74. The molecular weight excluding hydrogens is 496 g/mol. The minimum atomic E-state index is -0.958. The van der Waals surface area contributed by atoms with Gasteiger partial charge in [-0.2, -0.15) is 0 Å². The van der Waals surface area contributed by atoms with Gasteiger partial charge < -0.3 is 19.8 Å². The highest BCUT2D eigenvalue weighted by Gasteiger charge is 2.73. The average molecular weight is 531 g/mol. The summed E-state index contributed by atoms with van der Waals surface area (Å²) in [7, 11) is 0. The number of carbonyl (C=O) groups excluding carboxylic acids is 1. The minimum Gasteiger partial charge on any atom is -0.504 e. The Balaban J connectivity index is 1.30. The molecule has 3 aromatic rings. The fourth-order valence-corrected chi connectivity index (χ4v) is 9.63. The number of phenols is 1. The van der Waals surface area contributed by atoms with Crippen molar-refractivity contribution in [2.24, 2.45) is 5.92 Å². The van der Waals surface area contributed by atoms with E-state index in [0.29, 0.717) is 18.6 Å². The third-order valence-corrected chi connectivity index (χ3v) is 11.3. The van der Waals surface area contributed by atoms with Gasteiger partial charge >= 0.3 is 0 Å². The van der Waals surface area contributed by atoms with E-state index in [9.17, 15) is 15.0 Å². The summed E-state index contributed by atoms with van der Waals surface area (Å²) in [5.41, 5.74) is 1.50. The Hall–Kier alpha value is -2.61. The maximum atomic E-state index is 13.5. The molecule has 0 unspecified atom stereocenters. The number of phenolic OH excluding ortho intramolecular Hbond substituents is 1. The van der Waals surface area contributed by atoms with Crippen molar-refractivity contribution < 1.29 is 19.7 Å². The van der Waals surface area contributed by atoms with Crippen LogP contribution in [-0.2, 0) is 16.6 Å². The van der Waals surface area contributed by atoms with Crippen LogP contribution >= 0.6 is 11.3 Å². The third kappa shape index (κ3) is 2.87. The largest absolute Gasteiger partial charge is 0.504 e. The number of aliphatic hydroxyl groups is 1. The van der Waals surface area contributed by atoms with Gasteiger partial charge in [0.1, 0.15) is 6.10 Å². The van der Waals surface area contributed by atoms with Crippen LogP contribution in [0.5, 0.6) is 11.5 Å². The second-order valence-electron chi connectivity index (χ2n) is 12.3. The number of carbonyl (C=O) groups is 1. The van der Waals surface area contributed by atoms with Gasteiger partial charge in [0.05, 0.1) is 22.7 Å². The first kappa shape index (κ1) is 23.3. The van der Waals surface area contributed by atoms with Crippen LogP contribution in [-0.4, -0.2) is 57.9 Å². The molecule has 1 saturated heterocycles. The van der Waals surface area contributed by atoms with Crippen LogP contribution in [0.25, 0.3) is 10.1 Å². The number of aromatic hydroxyl groups is 1. The Morgan fingerprint density at radius 3 is 2.84 bits per heavy atom. The normalized spacial score (nSPS) is 33.2. The molecule has 5 atom stereocenters. The number of thiophene rings is 1. The molecule has 5 aliphatic rings. The van der Waals surface area contributed by atoms with Gasteiger partial charge in [0, 0.05) is 40.0 Å². The molecule has 3 fully saturated rings. The summed E-state index contributed by atoms with van der Waals surface area (Å²) in [4.78, 5) is 19.2. The average Bonchev–Trinajstić information content (AvgIpc) is 3.49. The molecular formula is C31H34N2O4S. The number of hydrogen-bond donors (Lipinski definition) is 2. The first-order valence-corrected chi connectivity index (χ1v) is 14.9. The summed E-state index contributed by atoms with van der Waals surface area (Å²) in [6.07, 6.45) is 4.96. The van der Waals surface area contributed by atoms with E-state index < -0.39 is 17.1 Å². The number of fused-ring (bicyclic) bond motifs is 1. The van der Waals surface area contributed by atoms with E-state index in [4.69, 9.17) is 4.74 Å². The molecule has 2 aliphatic heterocycles. The molecule has 1 amide bonds. The molecule has 3 aliphatic carbocycles. The number of aryl methyl sites for hydroxylation is 1. The lowest BCUT2D eigenvalue weighted by Crippen LogP contribution is -2.78. The Morgan fingerprint density at radius 2 is 2.05 bits per heavy atom. The topological polar surface area (TPSA) is 73.2 Å². The number of amides is 1. The standard InChI is InChI=1S/C31H34N2O4S/c1-17-14-21-22(4-3-5-25(21)38-17)33(18(2)34)23-10-11-31(36)26-15-20-8-9-24(35)28-27(20)30(31,29(23)37-28)12-13-32(26)16-19-6-7-19/h3-5,8-9,14,19,23,26,29,35-36H,6-7,10-13,15-16H2,1-2H3/t23-,26-,29+,30+,31-/m1/s1. The number of hydrogen-bond acceptors (Lipinski definition) is 6. The number of likely N-dealkylation sites (tertiary alicyclic amines) is 1. The van der Waals surface area contributed by atoms with Crippen LogP contribution in [0, 0.1) is 12.8 Å². The summed E-state index contributed by atoms with van der Waals surface area (Å²) in [6.45, 7) is 5.70. The van der Waals surface area contributed by atoms with E-state index in [1.54, 1.807) is 24.3 Å². The summed E-state index contributed by atoms with van der Waals surface area (Å²) in [6, 6.07) is 11.9. The van der Waals surface area contributed by atoms with Crippen molar-refractivity contribution >= 4 is 33.0 Å². The predicted octanol–water partition coefficient (Wildman–Crippen LogP) is 4.90. The van der Waals surface area contributed by atoms with Crippen LogP contribution in [0.3, 0.4) is 0 Å². The van der Waals surface area contributed by atoms with Gasteiger partial charge in [0.2, 0.25) is 5.91 Å². The first-order valence-electron chi connectivity index (χ1n) is 14.1. The van der Waals surface area contributed by atoms with E-state index in [1.165, 1.54) is 28.0 Å². The van der Waals surface area contributed by atoms with E-state index in [-0.39, 0.29) is 23.7 Å². The molecule has 1 spiro atoms. The molecule has 1 aromatic heterocycles. The zero-order valence-corrected chi connectivity index (χ0v) is 22.8. The summed E-state index contributed by atoms with van der Waals surface area (Å²) in [5.74, 6) is 1.40. The first-order chi connectivity index (χ1) is 18.3. The summed E-state index contributed by atoms with van der Waals surface area (Å²) in [5, 5.41) is 24.8. The molecule has 2 bridgehead atoms. The maximum Gasteiger partial charge on any atom is 0.224 e. The van der Waals surface area contributed by atoms with E-state index in [1.807, 2.05) is 23.1 Å². The van der Waals surface area contributed by atoms with Gasteiger partial charge in [-0.05, 0) is 87.7 Å². The van der Waals surface area contributed by atoms with Gasteiger partial charge in [-0.15, -0.1) is 11.3 Å². The zero-order valence-electron chi connectivity index (χ0n) is 21.9. The third-order valence-electron chi connectivity index (χ3n) is 10.3. The quantitative estimate of drug-likeness (QED) is 0.502. The maximum absolute atomic E-state index is 13.5. The van der Waals surface area contributed by atoms with Crippen LogP contribution in [0.1, 0.15) is 55.0 Å². The number of piperidine rings is 1. The highest BCUT2D eigenvalue weighted by Crippen LogP contribution is 2.66. The smallest absolute Gasteiger partial charge is 0.224 e. The predicted molar refractivity (Wildman–Crippen MR) is 148 cm³/mol. The van der Waals surface area contributed by atoms with Crippen molar-refractivity contribution in [3.8, 4) is 11.5 Å². The van der Waals surface area contributed by atoms with Crippen LogP contribution in [0.15, 0.2) is 36.4 Å². The van der Waals surface area contributed by atoms with Crippen molar-refractivity contribution in [1.29, 1.82) is 0 Å². The lowest BCUT2D eigenvalue weighted by atomic mass is 9.48. The lowest BCUT2D eigenvalue weighted by molar-refractivity contribution is -0.190. The SMILES string of the molecule is CC(=O)N(c1cccc2sc(C)cc12)[C@@H]1CC[C@@]2(O)[C@H]3Cc4ccc(O)c5c4[C@@]2(CCN3CC2CC2)[C@H]1O5. The number of anilines is 1. The molecule has 0 radical (unpaired) electrons. The Morgan fingerprint density at radius 1 is 1.21 bits per heavy atom. The highest BCUT2D eigenvalue weighted by molar-refractivity contribution is 7.19. The van der Waals surface area contributed by atoms with Crippen LogP contribution in [0.2, 0.25) is 0 Å². The van der Waals surface area contributed by atoms with E-state index in [2.05, 4.69) is 24.0 Å². The molecule has 3 heterocycles. The molecule has 8 rings (SSSR count). The van der Waals surface area contributed by atoms with Crippen molar-refractivity contribution in [3.05, 3.63) is 52.4 Å². The van der Waals surface area contributed by atoms with Gasteiger partial charge in [0.25, 0.3) is 0 Å². The molecule has 2 aromatic carbocycles. The molecule has 38 heavy (non-hydrogen) atoms. The van der Waals surface area contributed by atoms with Crippen molar-refractivity contribution in [2.45, 2.75) is 81.6 Å². The molecule has 2 N–H and O–H groups in total. The zero-order chi connectivity index (χ0) is 26.0. The van der Waals surface area contributed by atoms with E-state index in [0.717, 1.165) is 48.5 Å². The second-order valence-corrected chi connectivity index (χ2v) is 13.6. The van der Waals surface area contributed by atoms with Crippen LogP contribution < -0.4 is 9.64 Å². The fraction of sp³-hybridized carbons (Fsp3) is 0.516. The number of nitrogens with zero attached hydrogens (tertiary/aromatic N) is 2. The van der Waals surface area contributed by atoms with Gasteiger partial charge in [0.15, 0.2) is 11.5 Å². The molecule has 6 nitrogen and oxygen atoms in total. The number of ether oxygens (including phenoxy) is 1. The van der Waals surface area contributed by atoms with Crippen LogP contribution in [0.4, 0.5) is 5.69 Å². The van der Waals surface area contributed by atoms with Crippen molar-refractivity contribution in [2.75, 3.05) is 18.0 Å². The molecule has 2 saturated carbocycles. The van der Waals surface area contributed by atoms with Gasteiger partial charge in [-0.25, -0.2) is 0 Å². The molecule has 7 heteroatoms. The van der Waals surface area contributed by atoms with Gasteiger partial charge in [-0.3, -0.25) is 9.69 Å². The highest BCUT2D eigenvalue weighted by atomic mass is 32.1. The fourth-order valence-electron chi connectivity index (χ4n) is 8.68. The Bertz CT molecular complexity index is 1500. The minimum absolute atomic E-state index is 0.0178. The Labute approximate surface area is 226 Å². The number of benzene rings is 2.